The number of nitrogens with one attached hydrogen (secondary N) is 1. The van der Waals surface area contributed by atoms with Crippen LogP contribution in [0.15, 0.2) is 53.0 Å². The van der Waals surface area contributed by atoms with E-state index in [1.54, 1.807) is 0 Å². The highest BCUT2D eigenvalue weighted by Crippen LogP contribution is 2.16. The number of hydrogen-bond donors (Lipinski definition) is 1. The molecule has 4 heteroatoms. The third-order valence-corrected chi connectivity index (χ3v) is 3.79. The molecule has 0 spiro atoms. The smallest absolute Gasteiger partial charge is 0.119 e. The molecule has 2 aromatic rings. The maximum absolute atomic E-state index is 5.65. The van der Waals surface area contributed by atoms with Crippen molar-refractivity contribution >= 4 is 15.9 Å². The lowest BCUT2D eigenvalue weighted by Gasteiger charge is -2.09. The SMILES string of the molecule is CNCc1ccc(OCCOCc2ccccc2Br)cc1. The predicted molar refractivity (Wildman–Crippen MR) is 88.5 cm³/mol. The summed E-state index contributed by atoms with van der Waals surface area (Å²) in [6.07, 6.45) is 0. The third-order valence-electron chi connectivity index (χ3n) is 3.02. The average Bonchev–Trinajstić information content (AvgIpc) is 2.51. The fourth-order valence-electron chi connectivity index (χ4n) is 1.92. The van der Waals surface area contributed by atoms with Crippen molar-refractivity contribution in [3.05, 3.63) is 64.1 Å². The lowest BCUT2D eigenvalue weighted by molar-refractivity contribution is 0.0886. The number of rotatable bonds is 8. The molecule has 0 heterocycles. The largest absolute Gasteiger partial charge is 0.491 e. The minimum Gasteiger partial charge on any atom is -0.491 e. The Morgan fingerprint density at radius 2 is 1.76 bits per heavy atom. The van der Waals surface area contributed by atoms with Crippen LogP contribution in [0.3, 0.4) is 0 Å². The Morgan fingerprint density at radius 3 is 2.48 bits per heavy atom. The van der Waals surface area contributed by atoms with E-state index in [0.29, 0.717) is 19.8 Å². The minimum absolute atomic E-state index is 0.551. The van der Waals surface area contributed by atoms with Gasteiger partial charge in [-0.1, -0.05) is 46.3 Å². The zero-order chi connectivity index (χ0) is 14.9. The summed E-state index contributed by atoms with van der Waals surface area (Å²) in [4.78, 5) is 0. The molecule has 0 aliphatic carbocycles. The van der Waals surface area contributed by atoms with Gasteiger partial charge in [-0.3, -0.25) is 0 Å². The van der Waals surface area contributed by atoms with Gasteiger partial charge in [-0.2, -0.15) is 0 Å². The highest BCUT2D eigenvalue weighted by atomic mass is 79.9. The van der Waals surface area contributed by atoms with Gasteiger partial charge in [0.2, 0.25) is 0 Å². The van der Waals surface area contributed by atoms with Crippen molar-refractivity contribution in [2.75, 3.05) is 20.3 Å². The van der Waals surface area contributed by atoms with Gasteiger partial charge in [0, 0.05) is 11.0 Å². The van der Waals surface area contributed by atoms with E-state index in [9.17, 15) is 0 Å². The Labute approximate surface area is 134 Å². The van der Waals surface area contributed by atoms with E-state index in [1.807, 2.05) is 43.4 Å². The van der Waals surface area contributed by atoms with Crippen LogP contribution in [-0.2, 0) is 17.9 Å². The molecule has 0 aromatic heterocycles. The summed E-state index contributed by atoms with van der Waals surface area (Å²) in [7, 11) is 1.94. The monoisotopic (exact) mass is 349 g/mol. The summed E-state index contributed by atoms with van der Waals surface area (Å²) in [6.45, 7) is 2.58. The van der Waals surface area contributed by atoms with Gasteiger partial charge in [-0.25, -0.2) is 0 Å². The summed E-state index contributed by atoms with van der Waals surface area (Å²) >= 11 is 3.51. The van der Waals surface area contributed by atoms with Crippen LogP contribution < -0.4 is 10.1 Å². The second-order valence-corrected chi connectivity index (χ2v) is 5.52. The summed E-state index contributed by atoms with van der Waals surface area (Å²) < 4.78 is 12.3. The molecule has 112 valence electrons. The molecule has 1 N–H and O–H groups in total. The summed E-state index contributed by atoms with van der Waals surface area (Å²) in [5.41, 5.74) is 2.39. The number of halogens is 1. The van der Waals surface area contributed by atoms with Crippen molar-refractivity contribution in [2.24, 2.45) is 0 Å². The van der Waals surface area contributed by atoms with E-state index in [1.165, 1.54) is 5.56 Å². The summed E-state index contributed by atoms with van der Waals surface area (Å²) in [6, 6.07) is 16.2. The van der Waals surface area contributed by atoms with Crippen LogP contribution in [0, 0.1) is 0 Å². The maximum Gasteiger partial charge on any atom is 0.119 e. The Kier molecular flexibility index (Phi) is 6.73. The van der Waals surface area contributed by atoms with Gasteiger partial charge in [-0.05, 0) is 36.4 Å². The number of benzene rings is 2. The van der Waals surface area contributed by atoms with E-state index in [0.717, 1.165) is 22.3 Å². The second-order valence-electron chi connectivity index (χ2n) is 4.67. The number of hydrogen-bond acceptors (Lipinski definition) is 3. The molecule has 0 saturated carbocycles. The molecule has 3 nitrogen and oxygen atoms in total. The van der Waals surface area contributed by atoms with E-state index in [2.05, 4.69) is 33.4 Å². The maximum atomic E-state index is 5.65. The van der Waals surface area contributed by atoms with Crippen LogP contribution >= 0.6 is 15.9 Å². The first-order valence-electron chi connectivity index (χ1n) is 6.97. The molecule has 21 heavy (non-hydrogen) atoms. The Bertz CT molecular complexity index is 543. The van der Waals surface area contributed by atoms with Crippen LogP contribution in [0.1, 0.15) is 11.1 Å². The lowest BCUT2D eigenvalue weighted by Crippen LogP contribution is -2.07. The average molecular weight is 350 g/mol. The first-order valence-corrected chi connectivity index (χ1v) is 7.76. The molecule has 0 amide bonds. The molecule has 0 unspecified atom stereocenters. The molecule has 0 aliphatic rings. The molecule has 0 bridgehead atoms. The molecule has 2 rings (SSSR count). The predicted octanol–water partition coefficient (Wildman–Crippen LogP) is 3.76. The van der Waals surface area contributed by atoms with Gasteiger partial charge in [0.25, 0.3) is 0 Å². The molecule has 2 aromatic carbocycles. The van der Waals surface area contributed by atoms with Gasteiger partial charge in [0.1, 0.15) is 12.4 Å². The van der Waals surface area contributed by atoms with Crippen LogP contribution in [0.4, 0.5) is 0 Å². The van der Waals surface area contributed by atoms with Crippen LogP contribution in [0.2, 0.25) is 0 Å². The topological polar surface area (TPSA) is 30.5 Å². The Balaban J connectivity index is 1.66. The van der Waals surface area contributed by atoms with Crippen molar-refractivity contribution in [3.8, 4) is 5.75 Å². The molecule has 0 fully saturated rings. The van der Waals surface area contributed by atoms with Gasteiger partial charge in [-0.15, -0.1) is 0 Å². The second kappa shape index (κ2) is 8.82. The highest BCUT2D eigenvalue weighted by Gasteiger charge is 1.99. The zero-order valence-corrected chi connectivity index (χ0v) is 13.7. The van der Waals surface area contributed by atoms with Crippen molar-refractivity contribution in [2.45, 2.75) is 13.2 Å². The Morgan fingerprint density at radius 1 is 1.00 bits per heavy atom. The fraction of sp³-hybridized carbons (Fsp3) is 0.294. The van der Waals surface area contributed by atoms with E-state index in [4.69, 9.17) is 9.47 Å². The Hall–Kier alpha value is -1.36. The first-order chi connectivity index (χ1) is 10.3. The van der Waals surface area contributed by atoms with E-state index >= 15 is 0 Å². The molecule has 0 aliphatic heterocycles. The molecular formula is C17H20BrNO2. The van der Waals surface area contributed by atoms with Gasteiger partial charge in [0.15, 0.2) is 0 Å². The minimum atomic E-state index is 0.551. The van der Waals surface area contributed by atoms with Crippen LogP contribution in [0.25, 0.3) is 0 Å². The molecule has 0 atom stereocenters. The number of ether oxygens (including phenoxy) is 2. The van der Waals surface area contributed by atoms with Crippen molar-refractivity contribution in [1.82, 2.24) is 5.32 Å². The standard InChI is InChI=1S/C17H20BrNO2/c1-19-12-14-6-8-16(9-7-14)21-11-10-20-13-15-4-2-3-5-17(15)18/h2-9,19H,10-13H2,1H3. The summed E-state index contributed by atoms with van der Waals surface area (Å²) in [5, 5.41) is 3.12. The van der Waals surface area contributed by atoms with Crippen LogP contribution in [-0.4, -0.2) is 20.3 Å². The van der Waals surface area contributed by atoms with Gasteiger partial charge >= 0.3 is 0 Å². The zero-order valence-electron chi connectivity index (χ0n) is 12.1. The van der Waals surface area contributed by atoms with Crippen molar-refractivity contribution in [1.29, 1.82) is 0 Å². The normalized spacial score (nSPS) is 10.6. The van der Waals surface area contributed by atoms with E-state index < -0.39 is 0 Å². The molecular weight excluding hydrogens is 330 g/mol. The van der Waals surface area contributed by atoms with Crippen molar-refractivity contribution < 1.29 is 9.47 Å². The van der Waals surface area contributed by atoms with Gasteiger partial charge in [0.05, 0.1) is 13.2 Å². The fourth-order valence-corrected chi connectivity index (χ4v) is 2.32. The third kappa shape index (κ3) is 5.50. The van der Waals surface area contributed by atoms with E-state index in [-0.39, 0.29) is 0 Å². The molecule has 0 saturated heterocycles. The van der Waals surface area contributed by atoms with Crippen molar-refractivity contribution in [3.63, 3.8) is 0 Å². The summed E-state index contributed by atoms with van der Waals surface area (Å²) in [5.74, 6) is 0.874. The van der Waals surface area contributed by atoms with Gasteiger partial charge < -0.3 is 14.8 Å². The highest BCUT2D eigenvalue weighted by molar-refractivity contribution is 9.10. The molecule has 0 radical (unpaired) electrons. The van der Waals surface area contributed by atoms with Crippen LogP contribution in [0.5, 0.6) is 5.75 Å². The quantitative estimate of drug-likeness (QED) is 0.736. The first kappa shape index (κ1) is 16.0. The lowest BCUT2D eigenvalue weighted by atomic mass is 10.2.